The monoisotopic (exact) mass is 469 g/mol. The molecule has 0 saturated heterocycles. The first-order valence-electron chi connectivity index (χ1n) is 10.5. The fourth-order valence-corrected chi connectivity index (χ4v) is 4.52. The second kappa shape index (κ2) is 10.4. The number of thioether (sulfide) groups is 1. The molecule has 0 radical (unpaired) electrons. The van der Waals surface area contributed by atoms with Crippen LogP contribution in [0.2, 0.25) is 0 Å². The van der Waals surface area contributed by atoms with Gasteiger partial charge < -0.3 is 15.2 Å². The molecular formula is C21H26F3N5O2S. The summed E-state index contributed by atoms with van der Waals surface area (Å²) in [7, 11) is 0. The number of benzene rings is 1. The standard InChI is InChI=1S/C21H26F3N5O2S/c1-3-29-17(12-18(30)25-16-10-6-7-14(11-16)21(22,23)24)27-28-20(29)32-13(2)19(31)26-15-8-4-5-9-15/h6-7,10-11,13,15H,3-5,8-9,12H2,1-2H3,(H,25,30)(H,26,31)/t13-/m1/s1. The van der Waals surface area contributed by atoms with Crippen molar-refractivity contribution in [3.05, 3.63) is 35.7 Å². The van der Waals surface area contributed by atoms with Crippen LogP contribution in [0.5, 0.6) is 0 Å². The highest BCUT2D eigenvalue weighted by molar-refractivity contribution is 8.00. The molecule has 0 bridgehead atoms. The zero-order valence-electron chi connectivity index (χ0n) is 17.9. The quantitative estimate of drug-likeness (QED) is 0.570. The van der Waals surface area contributed by atoms with Gasteiger partial charge in [-0.05, 0) is 44.9 Å². The van der Waals surface area contributed by atoms with Crippen molar-refractivity contribution in [3.63, 3.8) is 0 Å². The Hall–Kier alpha value is -2.56. The Labute approximate surface area is 188 Å². The van der Waals surface area contributed by atoms with Crippen molar-refractivity contribution in [2.45, 2.75) is 75.1 Å². The summed E-state index contributed by atoms with van der Waals surface area (Å²) in [4.78, 5) is 24.9. The summed E-state index contributed by atoms with van der Waals surface area (Å²) in [6, 6.07) is 4.68. The van der Waals surface area contributed by atoms with Crippen molar-refractivity contribution in [1.29, 1.82) is 0 Å². The molecule has 11 heteroatoms. The van der Waals surface area contributed by atoms with Crippen molar-refractivity contribution in [2.24, 2.45) is 0 Å². The van der Waals surface area contributed by atoms with Crippen molar-refractivity contribution in [3.8, 4) is 0 Å². The maximum Gasteiger partial charge on any atom is 0.416 e. The minimum absolute atomic E-state index is 0.0548. The van der Waals surface area contributed by atoms with Gasteiger partial charge in [-0.25, -0.2) is 0 Å². The van der Waals surface area contributed by atoms with Crippen LogP contribution in [0, 0.1) is 0 Å². The number of aromatic nitrogens is 3. The third-order valence-electron chi connectivity index (χ3n) is 5.25. The highest BCUT2D eigenvalue weighted by Gasteiger charge is 2.30. The number of nitrogens with zero attached hydrogens (tertiary/aromatic N) is 3. The molecule has 1 fully saturated rings. The summed E-state index contributed by atoms with van der Waals surface area (Å²) in [6.07, 6.45) is -0.389. The van der Waals surface area contributed by atoms with Crippen molar-refractivity contribution in [2.75, 3.05) is 5.32 Å². The molecule has 7 nitrogen and oxygen atoms in total. The van der Waals surface area contributed by atoms with Crippen LogP contribution in [-0.4, -0.2) is 37.9 Å². The van der Waals surface area contributed by atoms with E-state index in [4.69, 9.17) is 0 Å². The summed E-state index contributed by atoms with van der Waals surface area (Å²) in [6.45, 7) is 4.15. The average Bonchev–Trinajstić information content (AvgIpc) is 3.37. The lowest BCUT2D eigenvalue weighted by atomic mass is 10.2. The van der Waals surface area contributed by atoms with Gasteiger partial charge in [0.15, 0.2) is 5.16 Å². The van der Waals surface area contributed by atoms with Gasteiger partial charge in [0.2, 0.25) is 11.8 Å². The predicted molar refractivity (Wildman–Crippen MR) is 115 cm³/mol. The first-order chi connectivity index (χ1) is 15.2. The lowest BCUT2D eigenvalue weighted by Crippen LogP contribution is -2.37. The summed E-state index contributed by atoms with van der Waals surface area (Å²) in [5.41, 5.74) is -0.783. The Balaban J connectivity index is 1.61. The highest BCUT2D eigenvalue weighted by Crippen LogP contribution is 2.30. The number of carbonyl (C=O) groups excluding carboxylic acids is 2. The number of hydrogen-bond donors (Lipinski definition) is 2. The summed E-state index contributed by atoms with van der Waals surface area (Å²) >= 11 is 1.26. The van der Waals surface area contributed by atoms with Gasteiger partial charge in [0.25, 0.3) is 0 Å². The first-order valence-corrected chi connectivity index (χ1v) is 11.4. The predicted octanol–water partition coefficient (Wildman–Crippen LogP) is 4.04. The maximum absolute atomic E-state index is 12.9. The number of nitrogens with one attached hydrogen (secondary N) is 2. The van der Waals surface area contributed by atoms with Crippen LogP contribution in [0.15, 0.2) is 29.4 Å². The van der Waals surface area contributed by atoms with E-state index in [9.17, 15) is 22.8 Å². The molecule has 0 aliphatic heterocycles. The van der Waals surface area contributed by atoms with Gasteiger partial charge in [-0.15, -0.1) is 10.2 Å². The molecule has 1 aromatic heterocycles. The molecule has 2 N–H and O–H groups in total. The Morgan fingerprint density at radius 2 is 1.97 bits per heavy atom. The molecule has 32 heavy (non-hydrogen) atoms. The molecule has 2 amide bonds. The third kappa shape index (κ3) is 6.24. The van der Waals surface area contributed by atoms with Crippen LogP contribution >= 0.6 is 11.8 Å². The number of hydrogen-bond acceptors (Lipinski definition) is 5. The third-order valence-corrected chi connectivity index (χ3v) is 6.34. The average molecular weight is 470 g/mol. The molecule has 2 aromatic rings. The van der Waals surface area contributed by atoms with Gasteiger partial charge >= 0.3 is 6.18 Å². The van der Waals surface area contributed by atoms with E-state index in [0.29, 0.717) is 17.5 Å². The molecule has 1 heterocycles. The molecular weight excluding hydrogens is 443 g/mol. The summed E-state index contributed by atoms with van der Waals surface area (Å²) in [5.74, 6) is -0.186. The molecule has 0 unspecified atom stereocenters. The smallest absolute Gasteiger partial charge is 0.352 e. The SMILES string of the molecule is CCn1c(CC(=O)Nc2cccc(C(F)(F)F)c2)nnc1S[C@H](C)C(=O)NC1CCCC1. The van der Waals surface area contributed by atoms with E-state index in [1.54, 1.807) is 11.5 Å². The molecule has 1 aliphatic carbocycles. The zero-order chi connectivity index (χ0) is 23.3. The zero-order valence-corrected chi connectivity index (χ0v) is 18.7. The van der Waals surface area contributed by atoms with Crippen LogP contribution in [0.1, 0.15) is 50.9 Å². The minimum Gasteiger partial charge on any atom is -0.352 e. The van der Waals surface area contributed by atoms with Crippen molar-refractivity contribution < 1.29 is 22.8 Å². The van der Waals surface area contributed by atoms with Crippen LogP contribution in [0.25, 0.3) is 0 Å². The van der Waals surface area contributed by atoms with Crippen LogP contribution in [-0.2, 0) is 28.7 Å². The number of halogens is 3. The van der Waals surface area contributed by atoms with E-state index in [-0.39, 0.29) is 29.3 Å². The fourth-order valence-electron chi connectivity index (χ4n) is 3.58. The lowest BCUT2D eigenvalue weighted by molar-refractivity contribution is -0.137. The van der Waals surface area contributed by atoms with Crippen molar-refractivity contribution in [1.82, 2.24) is 20.1 Å². The summed E-state index contributed by atoms with van der Waals surface area (Å²) in [5, 5.41) is 13.8. The van der Waals surface area contributed by atoms with Crippen LogP contribution < -0.4 is 10.6 Å². The lowest BCUT2D eigenvalue weighted by Gasteiger charge is -2.16. The summed E-state index contributed by atoms with van der Waals surface area (Å²) < 4.78 is 40.3. The van der Waals surface area contributed by atoms with Crippen LogP contribution in [0.3, 0.4) is 0 Å². The van der Waals surface area contributed by atoms with Crippen molar-refractivity contribution >= 4 is 29.3 Å². The van der Waals surface area contributed by atoms with E-state index < -0.39 is 17.6 Å². The van der Waals surface area contributed by atoms with Gasteiger partial charge in [-0.1, -0.05) is 30.7 Å². The topological polar surface area (TPSA) is 88.9 Å². The van der Waals surface area contributed by atoms with E-state index in [1.807, 2.05) is 6.92 Å². The maximum atomic E-state index is 12.9. The van der Waals surface area contributed by atoms with Gasteiger partial charge in [0.05, 0.1) is 17.2 Å². The Morgan fingerprint density at radius 3 is 2.62 bits per heavy atom. The molecule has 1 aromatic carbocycles. The minimum atomic E-state index is -4.49. The Morgan fingerprint density at radius 1 is 1.25 bits per heavy atom. The molecule has 174 valence electrons. The second-order valence-electron chi connectivity index (χ2n) is 7.70. The number of rotatable bonds is 8. The van der Waals surface area contributed by atoms with Crippen LogP contribution in [0.4, 0.5) is 18.9 Å². The Bertz CT molecular complexity index is 957. The number of alkyl halides is 3. The van der Waals surface area contributed by atoms with E-state index >= 15 is 0 Å². The number of carbonyl (C=O) groups is 2. The van der Waals surface area contributed by atoms with Gasteiger partial charge in [0.1, 0.15) is 5.82 Å². The fraction of sp³-hybridized carbons (Fsp3) is 0.524. The number of anilines is 1. The molecule has 1 atom stereocenters. The number of amides is 2. The van der Waals surface area contributed by atoms with E-state index in [2.05, 4.69) is 20.8 Å². The van der Waals surface area contributed by atoms with Gasteiger partial charge in [-0.3, -0.25) is 9.59 Å². The second-order valence-corrected chi connectivity index (χ2v) is 9.00. The molecule has 0 spiro atoms. The Kier molecular flexibility index (Phi) is 7.81. The largest absolute Gasteiger partial charge is 0.416 e. The van der Waals surface area contributed by atoms with E-state index in [0.717, 1.165) is 37.8 Å². The molecule has 1 saturated carbocycles. The highest BCUT2D eigenvalue weighted by atomic mass is 32.2. The van der Waals surface area contributed by atoms with Gasteiger partial charge in [-0.2, -0.15) is 13.2 Å². The molecule has 1 aliphatic rings. The normalized spacial score (nSPS) is 15.5. The van der Waals surface area contributed by atoms with Gasteiger partial charge in [0, 0.05) is 18.3 Å². The molecule has 3 rings (SSSR count). The van der Waals surface area contributed by atoms with E-state index in [1.165, 1.54) is 23.9 Å². The first kappa shape index (κ1) is 24.1.